The smallest absolute Gasteiger partial charge is 0.259 e. The van der Waals surface area contributed by atoms with E-state index in [1.54, 1.807) is 35.1 Å². The fourth-order valence-electron chi connectivity index (χ4n) is 3.37. The Morgan fingerprint density at radius 3 is 2.38 bits per heavy atom. The molecule has 0 saturated carbocycles. The Hall–Kier alpha value is -3.75. The average Bonchev–Trinajstić information content (AvgIpc) is 3.21. The summed E-state index contributed by atoms with van der Waals surface area (Å²) in [5.41, 5.74) is 4.82. The predicted octanol–water partition coefficient (Wildman–Crippen LogP) is 3.89. The molecule has 1 heterocycles. The number of carbonyl (C=O) groups is 1. The van der Waals surface area contributed by atoms with E-state index in [9.17, 15) is 13.2 Å². The molecule has 0 aliphatic rings. The second kappa shape index (κ2) is 8.78. The number of nitrogens with two attached hydrogens (primary N) is 1. The average molecular weight is 447 g/mol. The van der Waals surface area contributed by atoms with Crippen LogP contribution in [0.1, 0.15) is 21.5 Å². The molecule has 162 valence electrons. The van der Waals surface area contributed by atoms with Crippen LogP contribution in [-0.4, -0.2) is 24.1 Å². The van der Waals surface area contributed by atoms with E-state index < -0.39 is 10.0 Å². The molecule has 1 aromatic heterocycles. The Morgan fingerprint density at radius 1 is 1.00 bits per heavy atom. The van der Waals surface area contributed by atoms with Gasteiger partial charge in [0.2, 0.25) is 10.0 Å². The van der Waals surface area contributed by atoms with Gasteiger partial charge in [-0.1, -0.05) is 54.1 Å². The molecule has 8 heteroatoms. The zero-order chi connectivity index (χ0) is 22.7. The standard InChI is InChI=1S/C24H22N4O3S/c1-17-6-5-7-19(14-17)23-22(15-28(27-23)21-8-3-2-4-9-21)24(29)26-20-12-10-18(11-13-20)16-32(25,30)31/h2-15H,16H2,1H3,(H,26,29)(H2,25,30,31). The Balaban J connectivity index is 1.67. The SMILES string of the molecule is Cc1cccc(-c2nn(-c3ccccc3)cc2C(=O)Nc2ccc(CS(N)(=O)=O)cc2)c1. The van der Waals surface area contributed by atoms with Gasteiger partial charge in [-0.3, -0.25) is 4.79 Å². The molecular formula is C24H22N4O3S. The highest BCUT2D eigenvalue weighted by Crippen LogP contribution is 2.25. The first kappa shape index (κ1) is 21.5. The molecule has 0 saturated heterocycles. The van der Waals surface area contributed by atoms with E-state index in [0.29, 0.717) is 22.5 Å². The number of sulfonamides is 1. The van der Waals surface area contributed by atoms with Gasteiger partial charge < -0.3 is 5.32 Å². The number of benzene rings is 3. The van der Waals surface area contributed by atoms with Gasteiger partial charge >= 0.3 is 0 Å². The van der Waals surface area contributed by atoms with Crippen molar-refractivity contribution >= 4 is 21.6 Å². The molecular weight excluding hydrogens is 424 g/mol. The van der Waals surface area contributed by atoms with E-state index in [1.165, 1.54) is 0 Å². The van der Waals surface area contributed by atoms with Crippen LogP contribution in [0.4, 0.5) is 5.69 Å². The molecule has 7 nitrogen and oxygen atoms in total. The number of para-hydroxylation sites is 1. The largest absolute Gasteiger partial charge is 0.322 e. The lowest BCUT2D eigenvalue weighted by Gasteiger charge is -2.07. The summed E-state index contributed by atoms with van der Waals surface area (Å²) in [6.45, 7) is 1.99. The number of aryl methyl sites for hydroxylation is 1. The Morgan fingerprint density at radius 2 is 1.72 bits per heavy atom. The van der Waals surface area contributed by atoms with Gasteiger partial charge in [0, 0.05) is 17.4 Å². The molecule has 0 aliphatic carbocycles. The monoisotopic (exact) mass is 446 g/mol. The van der Waals surface area contributed by atoms with Gasteiger partial charge in [-0.25, -0.2) is 18.2 Å². The van der Waals surface area contributed by atoms with E-state index >= 15 is 0 Å². The number of primary sulfonamides is 1. The summed E-state index contributed by atoms with van der Waals surface area (Å²) in [6.07, 6.45) is 1.71. The van der Waals surface area contributed by atoms with Crippen molar-refractivity contribution in [1.82, 2.24) is 9.78 Å². The predicted molar refractivity (Wildman–Crippen MR) is 125 cm³/mol. The molecule has 4 rings (SSSR count). The molecule has 3 aromatic carbocycles. The van der Waals surface area contributed by atoms with Gasteiger partial charge in [0.25, 0.3) is 5.91 Å². The third-order valence-electron chi connectivity index (χ3n) is 4.85. The van der Waals surface area contributed by atoms with E-state index in [-0.39, 0.29) is 11.7 Å². The van der Waals surface area contributed by atoms with Crippen LogP contribution in [0.15, 0.2) is 85.1 Å². The summed E-state index contributed by atoms with van der Waals surface area (Å²) in [5, 5.41) is 12.6. The minimum Gasteiger partial charge on any atom is -0.322 e. The van der Waals surface area contributed by atoms with Crippen molar-refractivity contribution in [2.75, 3.05) is 5.32 Å². The topological polar surface area (TPSA) is 107 Å². The molecule has 0 radical (unpaired) electrons. The fourth-order valence-corrected chi connectivity index (χ4v) is 4.03. The highest BCUT2D eigenvalue weighted by Gasteiger charge is 2.19. The van der Waals surface area contributed by atoms with Crippen molar-refractivity contribution in [3.63, 3.8) is 0 Å². The lowest BCUT2D eigenvalue weighted by Crippen LogP contribution is -2.15. The van der Waals surface area contributed by atoms with Crippen LogP contribution in [0.5, 0.6) is 0 Å². The summed E-state index contributed by atoms with van der Waals surface area (Å²) in [7, 11) is -3.62. The fraction of sp³-hybridized carbons (Fsp3) is 0.0833. The molecule has 0 bridgehead atoms. The lowest BCUT2D eigenvalue weighted by molar-refractivity contribution is 0.102. The molecule has 3 N–H and O–H groups in total. The van der Waals surface area contributed by atoms with Crippen LogP contribution in [0.2, 0.25) is 0 Å². The van der Waals surface area contributed by atoms with E-state index in [2.05, 4.69) is 10.4 Å². The van der Waals surface area contributed by atoms with Crippen molar-refractivity contribution in [2.24, 2.45) is 5.14 Å². The van der Waals surface area contributed by atoms with Crippen LogP contribution in [0.3, 0.4) is 0 Å². The Bertz CT molecular complexity index is 1360. The van der Waals surface area contributed by atoms with Gasteiger partial charge in [0.1, 0.15) is 5.69 Å². The van der Waals surface area contributed by atoms with Gasteiger partial charge in [0.15, 0.2) is 0 Å². The highest BCUT2D eigenvalue weighted by molar-refractivity contribution is 7.88. The van der Waals surface area contributed by atoms with Crippen molar-refractivity contribution in [2.45, 2.75) is 12.7 Å². The number of hydrogen-bond acceptors (Lipinski definition) is 4. The minimum atomic E-state index is -3.62. The van der Waals surface area contributed by atoms with Crippen molar-refractivity contribution < 1.29 is 13.2 Å². The van der Waals surface area contributed by atoms with Crippen molar-refractivity contribution in [3.05, 3.63) is 102 Å². The molecule has 4 aromatic rings. The van der Waals surface area contributed by atoms with Crippen LogP contribution in [0, 0.1) is 6.92 Å². The zero-order valence-electron chi connectivity index (χ0n) is 17.4. The van der Waals surface area contributed by atoms with Crippen molar-refractivity contribution in [3.8, 4) is 16.9 Å². The summed E-state index contributed by atoms with van der Waals surface area (Å²) < 4.78 is 24.2. The molecule has 0 unspecified atom stereocenters. The number of hydrogen-bond donors (Lipinski definition) is 2. The minimum absolute atomic E-state index is 0.261. The third kappa shape index (κ3) is 5.11. The Labute approximate surface area is 186 Å². The maximum absolute atomic E-state index is 13.2. The normalized spacial score (nSPS) is 11.3. The van der Waals surface area contributed by atoms with Gasteiger partial charge in [-0.15, -0.1) is 0 Å². The number of carbonyl (C=O) groups excluding carboxylic acids is 1. The Kier molecular flexibility index (Phi) is 5.89. The molecule has 0 spiro atoms. The van der Waals surface area contributed by atoms with Crippen LogP contribution in [0.25, 0.3) is 16.9 Å². The number of aromatic nitrogens is 2. The first-order valence-corrected chi connectivity index (χ1v) is 11.6. The molecule has 1 amide bonds. The maximum Gasteiger partial charge on any atom is 0.259 e. The van der Waals surface area contributed by atoms with Crippen molar-refractivity contribution in [1.29, 1.82) is 0 Å². The second-order valence-corrected chi connectivity index (χ2v) is 9.11. The number of nitrogens with zero attached hydrogens (tertiary/aromatic N) is 2. The van der Waals surface area contributed by atoms with Gasteiger partial charge in [-0.2, -0.15) is 5.10 Å². The first-order chi connectivity index (χ1) is 15.3. The molecule has 0 aliphatic heterocycles. The van der Waals surface area contributed by atoms with E-state index in [4.69, 9.17) is 5.14 Å². The van der Waals surface area contributed by atoms with E-state index in [0.717, 1.165) is 16.8 Å². The van der Waals surface area contributed by atoms with Gasteiger partial charge in [0.05, 0.1) is 17.0 Å². The first-order valence-electron chi connectivity index (χ1n) is 9.91. The maximum atomic E-state index is 13.2. The molecule has 32 heavy (non-hydrogen) atoms. The van der Waals surface area contributed by atoms with Crippen LogP contribution < -0.4 is 10.5 Å². The number of anilines is 1. The zero-order valence-corrected chi connectivity index (χ0v) is 18.2. The summed E-state index contributed by atoms with van der Waals surface area (Å²) in [4.78, 5) is 13.2. The lowest BCUT2D eigenvalue weighted by atomic mass is 10.1. The number of nitrogens with one attached hydrogen (secondary N) is 1. The van der Waals surface area contributed by atoms with Crippen LogP contribution in [-0.2, 0) is 15.8 Å². The quantitative estimate of drug-likeness (QED) is 0.468. The van der Waals surface area contributed by atoms with Crippen LogP contribution >= 0.6 is 0 Å². The van der Waals surface area contributed by atoms with Gasteiger partial charge in [-0.05, 0) is 42.8 Å². The second-order valence-electron chi connectivity index (χ2n) is 7.50. The summed E-state index contributed by atoms with van der Waals surface area (Å²) in [6, 6.07) is 23.9. The highest BCUT2D eigenvalue weighted by atomic mass is 32.2. The van der Waals surface area contributed by atoms with E-state index in [1.807, 2.05) is 61.5 Å². The number of amides is 1. The summed E-state index contributed by atoms with van der Waals surface area (Å²) >= 11 is 0. The molecule has 0 atom stereocenters. The third-order valence-corrected chi connectivity index (χ3v) is 5.59. The number of rotatable bonds is 6. The molecule has 0 fully saturated rings. The summed E-state index contributed by atoms with van der Waals surface area (Å²) in [5.74, 6) is -0.578.